The second kappa shape index (κ2) is 10.2. The molecule has 2 rings (SSSR count). The first-order chi connectivity index (χ1) is 11.6. The Morgan fingerprint density at radius 1 is 1.29 bits per heavy atom. The topological polar surface area (TPSA) is 43.3 Å². The van der Waals surface area contributed by atoms with Crippen LogP contribution in [0.4, 0.5) is 0 Å². The van der Waals surface area contributed by atoms with Crippen LogP contribution in [0, 0.1) is 5.92 Å². The van der Waals surface area contributed by atoms with Gasteiger partial charge in [0.2, 0.25) is 0 Å². The third-order valence-corrected chi connectivity index (χ3v) is 4.98. The van der Waals surface area contributed by atoms with Gasteiger partial charge in [0, 0.05) is 59.0 Å². The van der Waals surface area contributed by atoms with Crippen LogP contribution in [0.25, 0.3) is 0 Å². The molecule has 1 saturated carbocycles. The lowest BCUT2D eigenvalue weighted by atomic mass is 10.2. The minimum Gasteiger partial charge on any atom is -0.379 e. The standard InChI is InChI=1S/C18H37N5O/c1-5-19-18(22(4)12-13-24-15-17-6-7-17)20-14-16(2)23-10-8-21(3)9-11-23/h16-17H,5-15H2,1-4H3,(H,19,20). The van der Waals surface area contributed by atoms with Crippen molar-refractivity contribution in [2.45, 2.75) is 32.7 Å². The van der Waals surface area contributed by atoms with E-state index >= 15 is 0 Å². The number of piperazine rings is 1. The lowest BCUT2D eigenvalue weighted by molar-refractivity contribution is 0.114. The summed E-state index contributed by atoms with van der Waals surface area (Å²) in [5, 5.41) is 3.40. The van der Waals surface area contributed by atoms with Crippen molar-refractivity contribution in [3.8, 4) is 0 Å². The van der Waals surface area contributed by atoms with Gasteiger partial charge >= 0.3 is 0 Å². The summed E-state index contributed by atoms with van der Waals surface area (Å²) in [6, 6.07) is 0.492. The van der Waals surface area contributed by atoms with Crippen molar-refractivity contribution in [1.82, 2.24) is 20.0 Å². The zero-order valence-electron chi connectivity index (χ0n) is 16.1. The van der Waals surface area contributed by atoms with Gasteiger partial charge < -0.3 is 19.9 Å². The first-order valence-electron chi connectivity index (χ1n) is 9.60. The van der Waals surface area contributed by atoms with Crippen molar-refractivity contribution in [3.63, 3.8) is 0 Å². The molecule has 1 saturated heterocycles. The van der Waals surface area contributed by atoms with Gasteiger partial charge in [-0.25, -0.2) is 0 Å². The van der Waals surface area contributed by atoms with Crippen molar-refractivity contribution in [2.75, 3.05) is 73.1 Å². The van der Waals surface area contributed by atoms with Crippen LogP contribution in [-0.4, -0.2) is 99.8 Å². The molecule has 1 aliphatic heterocycles. The predicted octanol–water partition coefficient (Wildman–Crippen LogP) is 0.946. The van der Waals surface area contributed by atoms with Crippen LogP contribution in [0.2, 0.25) is 0 Å². The van der Waals surface area contributed by atoms with Gasteiger partial charge in [-0.1, -0.05) is 0 Å². The smallest absolute Gasteiger partial charge is 0.193 e. The molecule has 0 aromatic carbocycles. The molecule has 6 heteroatoms. The summed E-state index contributed by atoms with van der Waals surface area (Å²) in [7, 11) is 4.30. The van der Waals surface area contributed by atoms with Crippen LogP contribution < -0.4 is 5.32 Å². The Balaban J connectivity index is 1.73. The van der Waals surface area contributed by atoms with E-state index in [0.29, 0.717) is 6.04 Å². The van der Waals surface area contributed by atoms with E-state index in [1.54, 1.807) is 0 Å². The molecule has 1 N–H and O–H groups in total. The first-order valence-corrected chi connectivity index (χ1v) is 9.60. The van der Waals surface area contributed by atoms with Crippen molar-refractivity contribution >= 4 is 5.96 Å². The molecule has 24 heavy (non-hydrogen) atoms. The highest BCUT2D eigenvalue weighted by atomic mass is 16.5. The van der Waals surface area contributed by atoms with Crippen LogP contribution >= 0.6 is 0 Å². The van der Waals surface area contributed by atoms with Gasteiger partial charge in [0.25, 0.3) is 0 Å². The number of rotatable bonds is 9. The van der Waals surface area contributed by atoms with E-state index < -0.39 is 0 Å². The average Bonchev–Trinajstić information content (AvgIpc) is 3.40. The monoisotopic (exact) mass is 339 g/mol. The van der Waals surface area contributed by atoms with E-state index in [1.807, 2.05) is 0 Å². The fourth-order valence-corrected chi connectivity index (χ4v) is 2.91. The molecular weight excluding hydrogens is 302 g/mol. The van der Waals surface area contributed by atoms with Gasteiger partial charge in [-0.2, -0.15) is 0 Å². The molecule has 2 aliphatic rings. The summed E-state index contributed by atoms with van der Waals surface area (Å²) >= 11 is 0. The zero-order chi connectivity index (χ0) is 17.4. The minimum absolute atomic E-state index is 0.492. The van der Waals surface area contributed by atoms with E-state index in [2.05, 4.69) is 48.0 Å². The Bertz CT molecular complexity index is 378. The van der Waals surface area contributed by atoms with Crippen LogP contribution in [-0.2, 0) is 4.74 Å². The highest BCUT2D eigenvalue weighted by molar-refractivity contribution is 5.79. The summed E-state index contributed by atoms with van der Waals surface area (Å²) in [6.07, 6.45) is 2.70. The zero-order valence-corrected chi connectivity index (χ0v) is 16.1. The Hall–Kier alpha value is -0.850. The summed E-state index contributed by atoms with van der Waals surface area (Å²) in [6.45, 7) is 13.4. The molecule has 0 spiro atoms. The van der Waals surface area contributed by atoms with Crippen molar-refractivity contribution in [1.29, 1.82) is 0 Å². The summed E-state index contributed by atoms with van der Waals surface area (Å²) in [5.74, 6) is 1.83. The third-order valence-electron chi connectivity index (χ3n) is 4.98. The molecule has 1 atom stereocenters. The maximum atomic E-state index is 5.75. The van der Waals surface area contributed by atoms with Gasteiger partial charge in [-0.3, -0.25) is 9.89 Å². The molecule has 1 unspecified atom stereocenters. The number of aliphatic imine (C=N–C) groups is 1. The molecule has 0 aromatic heterocycles. The predicted molar refractivity (Wildman–Crippen MR) is 101 cm³/mol. The van der Waals surface area contributed by atoms with Gasteiger partial charge in [0.1, 0.15) is 0 Å². The largest absolute Gasteiger partial charge is 0.379 e. The van der Waals surface area contributed by atoms with Crippen LogP contribution in [0.1, 0.15) is 26.7 Å². The van der Waals surface area contributed by atoms with Crippen LogP contribution in [0.5, 0.6) is 0 Å². The Labute approximate surface area is 148 Å². The van der Waals surface area contributed by atoms with Crippen molar-refractivity contribution in [2.24, 2.45) is 10.9 Å². The van der Waals surface area contributed by atoms with Gasteiger partial charge in [-0.15, -0.1) is 0 Å². The third kappa shape index (κ3) is 6.95. The fraction of sp³-hybridized carbons (Fsp3) is 0.944. The lowest BCUT2D eigenvalue weighted by Crippen LogP contribution is -2.49. The molecule has 0 amide bonds. The molecule has 2 fully saturated rings. The Morgan fingerprint density at radius 2 is 2.00 bits per heavy atom. The molecule has 1 aliphatic carbocycles. The van der Waals surface area contributed by atoms with Crippen LogP contribution in [0.3, 0.4) is 0 Å². The molecule has 1 heterocycles. The van der Waals surface area contributed by atoms with Crippen molar-refractivity contribution < 1.29 is 4.74 Å². The van der Waals surface area contributed by atoms with Crippen molar-refractivity contribution in [3.05, 3.63) is 0 Å². The minimum atomic E-state index is 0.492. The number of nitrogens with one attached hydrogen (secondary N) is 1. The summed E-state index contributed by atoms with van der Waals surface area (Å²) in [5.41, 5.74) is 0. The first kappa shape index (κ1) is 19.5. The quantitative estimate of drug-likeness (QED) is 0.385. The van der Waals surface area contributed by atoms with Gasteiger partial charge in [0.05, 0.1) is 13.2 Å². The van der Waals surface area contributed by atoms with Gasteiger partial charge in [-0.05, 0) is 39.7 Å². The Morgan fingerprint density at radius 3 is 2.62 bits per heavy atom. The SMILES string of the molecule is CCNC(=NCC(C)N1CCN(C)CC1)N(C)CCOCC1CC1. The number of hydrogen-bond donors (Lipinski definition) is 1. The highest BCUT2D eigenvalue weighted by Crippen LogP contribution is 2.28. The number of guanidine groups is 1. The lowest BCUT2D eigenvalue weighted by Gasteiger charge is -2.36. The molecule has 140 valence electrons. The van der Waals surface area contributed by atoms with Crippen LogP contribution in [0.15, 0.2) is 4.99 Å². The molecule has 0 bridgehead atoms. The molecule has 6 nitrogen and oxygen atoms in total. The average molecular weight is 340 g/mol. The second-order valence-electron chi connectivity index (χ2n) is 7.32. The van der Waals surface area contributed by atoms with E-state index in [-0.39, 0.29) is 0 Å². The van der Waals surface area contributed by atoms with E-state index in [9.17, 15) is 0 Å². The number of likely N-dealkylation sites (N-methyl/N-ethyl adjacent to an activating group) is 2. The number of hydrogen-bond acceptors (Lipinski definition) is 4. The molecule has 0 aromatic rings. The van der Waals surface area contributed by atoms with E-state index in [4.69, 9.17) is 9.73 Å². The highest BCUT2D eigenvalue weighted by Gasteiger charge is 2.21. The maximum Gasteiger partial charge on any atom is 0.193 e. The Kier molecular flexibility index (Phi) is 8.29. The molecular formula is C18H37N5O. The van der Waals surface area contributed by atoms with E-state index in [0.717, 1.165) is 70.9 Å². The maximum absolute atomic E-state index is 5.75. The summed E-state index contributed by atoms with van der Waals surface area (Å²) < 4.78 is 5.75. The van der Waals surface area contributed by atoms with Gasteiger partial charge in [0.15, 0.2) is 5.96 Å². The summed E-state index contributed by atoms with van der Waals surface area (Å²) in [4.78, 5) is 12.0. The molecule has 0 radical (unpaired) electrons. The number of ether oxygens (including phenoxy) is 1. The second-order valence-corrected chi connectivity index (χ2v) is 7.32. The number of nitrogens with zero attached hydrogens (tertiary/aromatic N) is 4. The fourth-order valence-electron chi connectivity index (χ4n) is 2.91. The van der Waals surface area contributed by atoms with E-state index in [1.165, 1.54) is 12.8 Å². The normalized spacial score (nSPS) is 21.8.